The molecule has 0 aromatic heterocycles. The molecule has 1 aliphatic heterocycles. The van der Waals surface area contributed by atoms with Crippen molar-refractivity contribution < 1.29 is 23.9 Å². The summed E-state index contributed by atoms with van der Waals surface area (Å²) in [6.07, 6.45) is 0. The molecule has 1 aliphatic rings. The van der Waals surface area contributed by atoms with Gasteiger partial charge in [-0.3, -0.25) is 14.4 Å². The van der Waals surface area contributed by atoms with E-state index in [1.54, 1.807) is 42.5 Å². The van der Waals surface area contributed by atoms with E-state index in [0.29, 0.717) is 28.6 Å². The summed E-state index contributed by atoms with van der Waals surface area (Å²) in [5, 5.41) is 5.39. The number of carbonyl (C=O) groups excluding carboxylic acids is 3. The maximum absolute atomic E-state index is 12.4. The second kappa shape index (κ2) is 7.77. The van der Waals surface area contributed by atoms with Gasteiger partial charge in [0.2, 0.25) is 24.5 Å². The van der Waals surface area contributed by atoms with Gasteiger partial charge in [-0.1, -0.05) is 6.07 Å². The fourth-order valence-electron chi connectivity index (χ4n) is 2.66. The molecule has 0 fully saturated rings. The molecule has 0 spiro atoms. The number of anilines is 3. The summed E-state index contributed by atoms with van der Waals surface area (Å²) < 4.78 is 10.5. The number of carbonyl (C=O) groups is 3. The topological polar surface area (TPSA) is 97.0 Å². The van der Waals surface area contributed by atoms with Crippen LogP contribution in [-0.4, -0.2) is 31.1 Å². The van der Waals surface area contributed by atoms with E-state index in [2.05, 4.69) is 10.6 Å². The summed E-state index contributed by atoms with van der Waals surface area (Å²) in [7, 11) is 0. The lowest BCUT2D eigenvalue weighted by molar-refractivity contribution is -0.120. The molecule has 2 aromatic rings. The van der Waals surface area contributed by atoms with E-state index < -0.39 is 0 Å². The number of nitrogens with one attached hydrogen (secondary N) is 2. The molecule has 0 aliphatic carbocycles. The molecular weight excluding hydrogens is 350 g/mol. The van der Waals surface area contributed by atoms with Crippen LogP contribution < -0.4 is 25.0 Å². The van der Waals surface area contributed by atoms with Gasteiger partial charge in [0.15, 0.2) is 11.5 Å². The molecule has 0 radical (unpaired) electrons. The highest BCUT2D eigenvalue weighted by Crippen LogP contribution is 2.34. The zero-order chi connectivity index (χ0) is 19.4. The highest BCUT2D eigenvalue weighted by Gasteiger charge is 2.18. The second-order valence-corrected chi connectivity index (χ2v) is 5.95. The van der Waals surface area contributed by atoms with Crippen LogP contribution in [0.2, 0.25) is 0 Å². The summed E-state index contributed by atoms with van der Waals surface area (Å²) in [6.45, 7) is 2.75. The van der Waals surface area contributed by atoms with Crippen LogP contribution in [0, 0.1) is 0 Å². The molecule has 0 saturated heterocycles. The summed E-state index contributed by atoms with van der Waals surface area (Å²) in [5.41, 5.74) is 1.59. The van der Waals surface area contributed by atoms with Gasteiger partial charge >= 0.3 is 0 Å². The summed E-state index contributed by atoms with van der Waals surface area (Å²) >= 11 is 0. The van der Waals surface area contributed by atoms with Crippen molar-refractivity contribution in [3.63, 3.8) is 0 Å². The quantitative estimate of drug-likeness (QED) is 0.843. The van der Waals surface area contributed by atoms with Crippen LogP contribution in [0.5, 0.6) is 11.5 Å². The Morgan fingerprint density at radius 3 is 2.44 bits per heavy atom. The van der Waals surface area contributed by atoms with Crippen molar-refractivity contribution in [2.45, 2.75) is 13.8 Å². The zero-order valence-corrected chi connectivity index (χ0v) is 14.9. The minimum Gasteiger partial charge on any atom is -0.454 e. The van der Waals surface area contributed by atoms with E-state index in [1.165, 1.54) is 18.7 Å². The number of hydrogen-bond acceptors (Lipinski definition) is 5. The van der Waals surface area contributed by atoms with Crippen LogP contribution in [-0.2, 0) is 14.4 Å². The minimum atomic E-state index is -0.367. The van der Waals surface area contributed by atoms with E-state index >= 15 is 0 Å². The molecule has 8 nitrogen and oxygen atoms in total. The first-order valence-corrected chi connectivity index (χ1v) is 8.27. The Bertz CT molecular complexity index is 897. The number of benzene rings is 2. The van der Waals surface area contributed by atoms with E-state index in [-0.39, 0.29) is 31.1 Å². The monoisotopic (exact) mass is 369 g/mol. The molecule has 0 unspecified atom stereocenters. The molecule has 0 atom stereocenters. The van der Waals surface area contributed by atoms with Crippen molar-refractivity contribution in [1.29, 1.82) is 0 Å². The van der Waals surface area contributed by atoms with E-state index in [0.717, 1.165) is 0 Å². The Hall–Kier alpha value is -3.55. The zero-order valence-electron chi connectivity index (χ0n) is 14.9. The van der Waals surface area contributed by atoms with Crippen LogP contribution in [0.3, 0.4) is 0 Å². The molecule has 2 aromatic carbocycles. The highest BCUT2D eigenvalue weighted by atomic mass is 16.7. The Morgan fingerprint density at radius 1 is 0.963 bits per heavy atom. The molecule has 8 heteroatoms. The van der Waals surface area contributed by atoms with Gasteiger partial charge in [-0.05, 0) is 30.3 Å². The maximum atomic E-state index is 12.4. The van der Waals surface area contributed by atoms with Crippen molar-refractivity contribution >= 4 is 34.8 Å². The van der Waals surface area contributed by atoms with Crippen molar-refractivity contribution in [3.8, 4) is 11.5 Å². The molecule has 3 rings (SSSR count). The van der Waals surface area contributed by atoms with Gasteiger partial charge in [-0.2, -0.15) is 0 Å². The van der Waals surface area contributed by atoms with Gasteiger partial charge in [-0.25, -0.2) is 0 Å². The molecule has 140 valence electrons. The lowest BCUT2D eigenvalue weighted by Gasteiger charge is -2.21. The van der Waals surface area contributed by atoms with Gasteiger partial charge in [0.05, 0.1) is 0 Å². The third kappa shape index (κ3) is 4.55. The average Bonchev–Trinajstić information content (AvgIpc) is 3.07. The van der Waals surface area contributed by atoms with Gasteiger partial charge in [0.25, 0.3) is 0 Å². The van der Waals surface area contributed by atoms with Crippen molar-refractivity contribution in [3.05, 3.63) is 42.5 Å². The van der Waals surface area contributed by atoms with Crippen LogP contribution in [0.15, 0.2) is 42.5 Å². The van der Waals surface area contributed by atoms with Crippen LogP contribution >= 0.6 is 0 Å². The minimum absolute atomic E-state index is 0.148. The first kappa shape index (κ1) is 18.2. The number of fused-ring (bicyclic) bond motifs is 1. The Kier molecular flexibility index (Phi) is 5.25. The standard InChI is InChI=1S/C19H19N3O5/c1-12(23)20-14-4-3-5-16(8-14)22(13(2)24)10-19(25)21-15-6-7-17-18(9-15)27-11-26-17/h3-9H,10-11H2,1-2H3,(H,20,23)(H,21,25). The first-order valence-electron chi connectivity index (χ1n) is 8.27. The molecule has 0 saturated carbocycles. The fourth-order valence-corrected chi connectivity index (χ4v) is 2.66. The number of hydrogen-bond donors (Lipinski definition) is 2. The predicted molar refractivity (Wildman–Crippen MR) is 100.0 cm³/mol. The SMILES string of the molecule is CC(=O)Nc1cccc(N(CC(=O)Nc2ccc3c(c2)OCO3)C(C)=O)c1. The lowest BCUT2D eigenvalue weighted by Crippen LogP contribution is -2.36. The van der Waals surface area contributed by atoms with Gasteiger partial charge < -0.3 is 25.0 Å². The van der Waals surface area contributed by atoms with Gasteiger partial charge in [0.1, 0.15) is 6.54 Å². The summed E-state index contributed by atoms with van der Waals surface area (Å²) in [6, 6.07) is 11.8. The number of rotatable bonds is 5. The Balaban J connectivity index is 1.71. The molecule has 0 bridgehead atoms. The Labute approximate surface area is 156 Å². The maximum Gasteiger partial charge on any atom is 0.244 e. The summed E-state index contributed by atoms with van der Waals surface area (Å²) in [5.74, 6) is 0.291. The van der Waals surface area contributed by atoms with E-state index in [1.807, 2.05) is 0 Å². The largest absolute Gasteiger partial charge is 0.454 e. The average molecular weight is 369 g/mol. The van der Waals surface area contributed by atoms with Crippen molar-refractivity contribution in [1.82, 2.24) is 0 Å². The smallest absolute Gasteiger partial charge is 0.244 e. The first-order chi connectivity index (χ1) is 12.9. The Morgan fingerprint density at radius 2 is 1.70 bits per heavy atom. The van der Waals surface area contributed by atoms with Crippen LogP contribution in [0.1, 0.15) is 13.8 Å². The lowest BCUT2D eigenvalue weighted by atomic mass is 10.2. The van der Waals surface area contributed by atoms with Gasteiger partial charge in [0, 0.05) is 37.0 Å². The van der Waals surface area contributed by atoms with Crippen LogP contribution in [0.4, 0.5) is 17.1 Å². The fraction of sp³-hybridized carbons (Fsp3) is 0.211. The van der Waals surface area contributed by atoms with E-state index in [4.69, 9.17) is 9.47 Å². The van der Waals surface area contributed by atoms with Crippen molar-refractivity contribution in [2.75, 3.05) is 28.9 Å². The molecular formula is C19H19N3O5. The van der Waals surface area contributed by atoms with Crippen molar-refractivity contribution in [2.24, 2.45) is 0 Å². The van der Waals surface area contributed by atoms with E-state index in [9.17, 15) is 14.4 Å². The summed E-state index contributed by atoms with van der Waals surface area (Å²) in [4.78, 5) is 37.0. The predicted octanol–water partition coefficient (Wildman–Crippen LogP) is 2.37. The number of nitrogens with zero attached hydrogens (tertiary/aromatic N) is 1. The molecule has 27 heavy (non-hydrogen) atoms. The molecule has 3 amide bonds. The van der Waals surface area contributed by atoms with Gasteiger partial charge in [-0.15, -0.1) is 0 Å². The van der Waals surface area contributed by atoms with Crippen LogP contribution in [0.25, 0.3) is 0 Å². The number of ether oxygens (including phenoxy) is 2. The molecule has 2 N–H and O–H groups in total. The normalized spacial score (nSPS) is 11.6. The second-order valence-electron chi connectivity index (χ2n) is 5.95. The highest BCUT2D eigenvalue weighted by molar-refractivity contribution is 6.02. The molecule has 1 heterocycles. The number of amides is 3. The third-order valence-corrected chi connectivity index (χ3v) is 3.82. The third-order valence-electron chi connectivity index (χ3n) is 3.82.